The fourth-order valence-electron chi connectivity index (χ4n) is 8.06. The summed E-state index contributed by atoms with van der Waals surface area (Å²) in [5.41, 5.74) is 1.90. The Kier molecular flexibility index (Phi) is 19.8. The number of nitrogens with one attached hydrogen (secondary N) is 3. The number of aliphatic hydroxyl groups excluding tert-OH is 1. The minimum absolute atomic E-state index is 0.0180. The number of ether oxygens (including phenoxy) is 2. The van der Waals surface area contributed by atoms with Crippen LogP contribution < -0.4 is 16.0 Å². The number of likely N-dealkylation sites (N-methyl/N-ethyl adjacent to an activating group) is 2. The van der Waals surface area contributed by atoms with Crippen molar-refractivity contribution in [1.29, 1.82) is 0 Å². The van der Waals surface area contributed by atoms with Crippen LogP contribution in [0.15, 0.2) is 24.3 Å². The highest BCUT2D eigenvalue weighted by molar-refractivity contribution is 5.90. The molecule has 0 spiro atoms. The Labute approximate surface area is 332 Å². The third-order valence-corrected chi connectivity index (χ3v) is 12.0. The number of hydrogen-bond donors (Lipinski definition) is 4. The SMILES string of the molecule is CCC(C)c1cccc([C@H](O)[C@@H](C)NC(=O)[C@H](C)[C@@H](OC)[C@@H]2CCCN2C(=O)C[C@@H](OC)[C@H]([C@@H](C)CC)N(C)C(=O)[C@@H](NC(=O)[C@@H](NC)C(C)C)C(C)C)c1. The van der Waals surface area contributed by atoms with E-state index < -0.39 is 48.4 Å². The molecule has 1 aromatic carbocycles. The van der Waals surface area contributed by atoms with Crippen molar-refractivity contribution < 1.29 is 33.8 Å². The highest BCUT2D eigenvalue weighted by atomic mass is 16.5. The largest absolute Gasteiger partial charge is 0.386 e. The first-order valence-electron chi connectivity index (χ1n) is 20.6. The Hall–Kier alpha value is -3.06. The Morgan fingerprint density at radius 2 is 1.51 bits per heavy atom. The maximum atomic E-state index is 14.2. The molecule has 0 aliphatic carbocycles. The van der Waals surface area contributed by atoms with Gasteiger partial charge in [0.05, 0.1) is 54.8 Å². The summed E-state index contributed by atoms with van der Waals surface area (Å²) in [5, 5.41) is 20.2. The highest BCUT2D eigenvalue weighted by Gasteiger charge is 2.43. The Morgan fingerprint density at radius 1 is 0.891 bits per heavy atom. The molecule has 0 aromatic heterocycles. The molecule has 314 valence electrons. The summed E-state index contributed by atoms with van der Waals surface area (Å²) in [4.78, 5) is 58.7. The minimum atomic E-state index is -0.891. The van der Waals surface area contributed by atoms with Crippen LogP contribution in [0.3, 0.4) is 0 Å². The van der Waals surface area contributed by atoms with Gasteiger partial charge >= 0.3 is 0 Å². The van der Waals surface area contributed by atoms with Crippen LogP contribution in [-0.4, -0.2) is 116 Å². The van der Waals surface area contributed by atoms with Crippen molar-refractivity contribution in [3.05, 3.63) is 35.4 Å². The lowest BCUT2D eigenvalue weighted by Gasteiger charge is -2.41. The van der Waals surface area contributed by atoms with Crippen LogP contribution in [0, 0.1) is 23.7 Å². The highest BCUT2D eigenvalue weighted by Crippen LogP contribution is 2.30. The van der Waals surface area contributed by atoms with E-state index in [0.29, 0.717) is 18.9 Å². The van der Waals surface area contributed by atoms with Gasteiger partial charge in [-0.2, -0.15) is 0 Å². The van der Waals surface area contributed by atoms with Crippen molar-refractivity contribution >= 4 is 23.6 Å². The normalized spacial score (nSPS) is 20.2. The summed E-state index contributed by atoms with van der Waals surface area (Å²) < 4.78 is 12.0. The summed E-state index contributed by atoms with van der Waals surface area (Å²) in [6.07, 6.45) is 1.10. The average molecular weight is 774 g/mol. The van der Waals surface area contributed by atoms with E-state index in [4.69, 9.17) is 9.47 Å². The standard InChI is InChI=1S/C43H75N5O7/c1-15-27(7)31-19-17-20-32(23-31)39(50)30(10)45-41(51)29(9)40(55-14)33-21-18-22-48(33)35(49)24-34(54-13)38(28(8)16-2)47(12)43(53)37(26(5)6)46-42(52)36(44-11)25(3)4/h17,19-20,23,25-30,33-34,36-40,44,50H,15-16,18,21-22,24H2,1-14H3,(H,45,51)(H,46,52)/t27?,28-,29+,30+,33-,34+,36-,37-,38-,39+,40+/m0/s1. The Balaban J connectivity index is 2.24. The van der Waals surface area contributed by atoms with Crippen LogP contribution >= 0.6 is 0 Å². The van der Waals surface area contributed by atoms with E-state index in [0.717, 1.165) is 30.4 Å². The number of methoxy groups -OCH3 is 2. The predicted octanol–water partition coefficient (Wildman–Crippen LogP) is 5.04. The maximum Gasteiger partial charge on any atom is 0.245 e. The van der Waals surface area contributed by atoms with Crippen LogP contribution in [0.25, 0.3) is 0 Å². The topological polar surface area (TPSA) is 150 Å². The van der Waals surface area contributed by atoms with E-state index in [2.05, 4.69) is 35.9 Å². The molecule has 55 heavy (non-hydrogen) atoms. The molecule has 2 rings (SSSR count). The first-order chi connectivity index (χ1) is 25.9. The second kappa shape index (κ2) is 22.6. The van der Waals surface area contributed by atoms with Gasteiger partial charge in [-0.05, 0) is 68.0 Å². The first kappa shape index (κ1) is 48.1. The van der Waals surface area contributed by atoms with Crippen molar-refractivity contribution in [2.45, 2.75) is 156 Å². The molecule has 1 unspecified atom stereocenters. The van der Waals surface area contributed by atoms with Gasteiger partial charge < -0.3 is 40.3 Å². The molecular weight excluding hydrogens is 699 g/mol. The second-order valence-corrected chi connectivity index (χ2v) is 16.6. The molecule has 0 radical (unpaired) electrons. The van der Waals surface area contributed by atoms with Gasteiger partial charge in [-0.1, -0.05) is 93.0 Å². The summed E-state index contributed by atoms with van der Waals surface area (Å²) in [5.74, 6) is -1.27. The molecule has 0 saturated carbocycles. The van der Waals surface area contributed by atoms with Crippen molar-refractivity contribution in [3.8, 4) is 0 Å². The zero-order chi connectivity index (χ0) is 41.7. The number of aliphatic hydroxyl groups is 1. The average Bonchev–Trinajstić information content (AvgIpc) is 3.65. The maximum absolute atomic E-state index is 14.2. The fraction of sp³-hybridized carbons (Fsp3) is 0.767. The summed E-state index contributed by atoms with van der Waals surface area (Å²) in [7, 11) is 6.60. The summed E-state index contributed by atoms with van der Waals surface area (Å²) in [6.45, 7) is 20.2. The van der Waals surface area contributed by atoms with Gasteiger partial charge in [-0.25, -0.2) is 0 Å². The van der Waals surface area contributed by atoms with Gasteiger partial charge in [0.1, 0.15) is 6.04 Å². The number of hydrogen-bond acceptors (Lipinski definition) is 8. The monoisotopic (exact) mass is 774 g/mol. The second-order valence-electron chi connectivity index (χ2n) is 16.6. The Morgan fingerprint density at radius 3 is 2.04 bits per heavy atom. The zero-order valence-electron chi connectivity index (χ0n) is 36.3. The number of amides is 4. The summed E-state index contributed by atoms with van der Waals surface area (Å²) >= 11 is 0. The lowest BCUT2D eigenvalue weighted by molar-refractivity contribution is -0.148. The number of rotatable bonds is 22. The number of nitrogens with zero attached hydrogens (tertiary/aromatic N) is 2. The van der Waals surface area contributed by atoms with Crippen LogP contribution in [0.2, 0.25) is 0 Å². The lowest BCUT2D eigenvalue weighted by atomic mass is 9.89. The van der Waals surface area contributed by atoms with E-state index in [1.807, 2.05) is 59.7 Å². The Bertz CT molecular complexity index is 1370. The van der Waals surface area contributed by atoms with E-state index >= 15 is 0 Å². The van der Waals surface area contributed by atoms with E-state index in [9.17, 15) is 24.3 Å². The molecule has 12 nitrogen and oxygen atoms in total. The molecule has 4 amide bonds. The van der Waals surface area contributed by atoms with E-state index in [1.54, 1.807) is 52.0 Å². The van der Waals surface area contributed by atoms with Crippen molar-refractivity contribution in [2.75, 3.05) is 34.9 Å². The number of carbonyl (C=O) groups excluding carboxylic acids is 4. The van der Waals surface area contributed by atoms with Gasteiger partial charge in [0.2, 0.25) is 23.6 Å². The molecule has 12 heteroatoms. The van der Waals surface area contributed by atoms with Gasteiger partial charge in [0.15, 0.2) is 0 Å². The molecule has 1 fully saturated rings. The molecule has 0 bridgehead atoms. The number of likely N-dealkylation sites (tertiary alicyclic amines) is 1. The minimum Gasteiger partial charge on any atom is -0.386 e. The van der Waals surface area contributed by atoms with Crippen LogP contribution in [0.4, 0.5) is 0 Å². The van der Waals surface area contributed by atoms with E-state index in [-0.39, 0.29) is 53.8 Å². The number of benzene rings is 1. The molecular formula is C43H75N5O7. The van der Waals surface area contributed by atoms with Crippen molar-refractivity contribution in [1.82, 2.24) is 25.8 Å². The first-order valence-corrected chi connectivity index (χ1v) is 20.6. The summed E-state index contributed by atoms with van der Waals surface area (Å²) in [6, 6.07) is 5.34. The zero-order valence-corrected chi connectivity index (χ0v) is 36.3. The predicted molar refractivity (Wildman–Crippen MR) is 218 cm³/mol. The quantitative estimate of drug-likeness (QED) is 0.128. The third-order valence-electron chi connectivity index (χ3n) is 12.0. The molecule has 1 saturated heterocycles. The van der Waals surface area contributed by atoms with Crippen LogP contribution in [0.1, 0.15) is 124 Å². The van der Waals surface area contributed by atoms with Gasteiger partial charge in [0, 0.05) is 27.8 Å². The molecule has 11 atom stereocenters. The van der Waals surface area contributed by atoms with E-state index in [1.165, 1.54) is 0 Å². The van der Waals surface area contributed by atoms with Gasteiger partial charge in [-0.15, -0.1) is 0 Å². The molecule has 1 aliphatic rings. The molecule has 4 N–H and O–H groups in total. The van der Waals surface area contributed by atoms with Gasteiger partial charge in [-0.3, -0.25) is 19.2 Å². The molecule has 1 aromatic rings. The van der Waals surface area contributed by atoms with Crippen LogP contribution in [0.5, 0.6) is 0 Å². The molecule has 1 aliphatic heterocycles. The molecule has 1 heterocycles. The third kappa shape index (κ3) is 12.5. The van der Waals surface area contributed by atoms with Crippen molar-refractivity contribution in [2.24, 2.45) is 23.7 Å². The fourth-order valence-corrected chi connectivity index (χ4v) is 8.06. The van der Waals surface area contributed by atoms with Gasteiger partial charge in [0.25, 0.3) is 0 Å². The number of carbonyl (C=O) groups is 4. The van der Waals surface area contributed by atoms with Crippen LogP contribution in [-0.2, 0) is 28.7 Å². The van der Waals surface area contributed by atoms with Crippen molar-refractivity contribution in [3.63, 3.8) is 0 Å². The lowest BCUT2D eigenvalue weighted by Crippen LogP contribution is -2.59. The smallest absolute Gasteiger partial charge is 0.245 e.